The van der Waals surface area contributed by atoms with Gasteiger partial charge < -0.3 is 0 Å². The molecule has 0 N–H and O–H groups in total. The van der Waals surface area contributed by atoms with E-state index in [9.17, 15) is 0 Å². The number of aromatic nitrogens is 2. The normalized spacial score (nSPS) is 10.1. The molecule has 0 saturated heterocycles. The van der Waals surface area contributed by atoms with Gasteiger partial charge in [0.15, 0.2) is 0 Å². The van der Waals surface area contributed by atoms with Crippen LogP contribution in [0, 0.1) is 0 Å². The van der Waals surface area contributed by atoms with Crippen LogP contribution in [0.25, 0.3) is 0 Å². The van der Waals surface area contributed by atoms with Crippen LogP contribution in [0.4, 0.5) is 0 Å². The molecule has 0 bridgehead atoms. The predicted molar refractivity (Wildman–Crippen MR) is 107 cm³/mol. The summed E-state index contributed by atoms with van der Waals surface area (Å²) < 4.78 is 0. The first-order valence-corrected chi connectivity index (χ1v) is 11.4. The van der Waals surface area contributed by atoms with Crippen LogP contribution in [-0.4, -0.2) is 9.97 Å². The van der Waals surface area contributed by atoms with Crippen molar-refractivity contribution in [3.8, 4) is 0 Å². The number of nitrogens with zero attached hydrogens (tertiary/aromatic N) is 2. The second-order valence-electron chi connectivity index (χ2n) is 5.63. The molecule has 0 aromatic carbocycles. The summed E-state index contributed by atoms with van der Waals surface area (Å²) in [5.41, 5.74) is 2.84. The van der Waals surface area contributed by atoms with Gasteiger partial charge in [-0.25, -0.2) is 0 Å². The van der Waals surface area contributed by atoms with Gasteiger partial charge in [0.25, 0.3) is 0 Å². The first kappa shape index (κ1) is 24.4. The summed E-state index contributed by atoms with van der Waals surface area (Å²) in [5.74, 6) is 1.44. The minimum atomic E-state index is 0.720. The van der Waals surface area contributed by atoms with Crippen molar-refractivity contribution in [1.29, 1.82) is 0 Å². The third kappa shape index (κ3) is 10.9. The fourth-order valence-corrected chi connectivity index (χ4v) is 2.79. The zero-order valence-electron chi connectivity index (χ0n) is 15.6. The summed E-state index contributed by atoms with van der Waals surface area (Å²) in [7, 11) is 9.34. The van der Waals surface area contributed by atoms with Crippen molar-refractivity contribution in [3.63, 3.8) is 0 Å². The van der Waals surface area contributed by atoms with E-state index in [1.54, 1.807) is 0 Å². The first-order valence-electron chi connectivity index (χ1n) is 8.79. The Morgan fingerprint density at radius 1 is 0.680 bits per heavy atom. The molecule has 0 aliphatic rings. The molecule has 0 spiro atoms. The predicted octanol–water partition coefficient (Wildman–Crippen LogP) is 7.35. The van der Waals surface area contributed by atoms with E-state index < -0.39 is 0 Å². The van der Waals surface area contributed by atoms with Crippen LogP contribution < -0.4 is 0 Å². The molecule has 2 nitrogen and oxygen atoms in total. The Morgan fingerprint density at radius 3 is 1.12 bits per heavy atom. The van der Waals surface area contributed by atoms with Gasteiger partial charge in [-0.05, 0) is 72.9 Å². The van der Waals surface area contributed by atoms with E-state index in [0.717, 1.165) is 25.0 Å². The number of pyridine rings is 2. The van der Waals surface area contributed by atoms with Crippen molar-refractivity contribution < 1.29 is 13.1 Å². The van der Waals surface area contributed by atoms with Crippen LogP contribution in [-0.2, 0) is 13.1 Å². The Kier molecular flexibility index (Phi) is 16.4. The summed E-state index contributed by atoms with van der Waals surface area (Å²) in [6, 6.07) is 8.44. The van der Waals surface area contributed by atoms with Crippen molar-refractivity contribution >= 4 is 20.2 Å². The van der Waals surface area contributed by atoms with Gasteiger partial charge in [-0.1, -0.05) is 27.7 Å². The molecule has 2 aromatic rings. The molecule has 0 radical (unpaired) electrons. The first-order chi connectivity index (χ1) is 12.2. The molecule has 5 heteroatoms. The zero-order chi connectivity index (χ0) is 18.9. The van der Waals surface area contributed by atoms with Crippen molar-refractivity contribution in [2.75, 3.05) is 0 Å². The second-order valence-corrected chi connectivity index (χ2v) is 7.19. The summed E-state index contributed by atoms with van der Waals surface area (Å²) >= 11 is 0.757. The van der Waals surface area contributed by atoms with Gasteiger partial charge >= 0.3 is 33.3 Å². The molecule has 0 unspecified atom stereocenters. The monoisotopic (exact) mass is 431 g/mol. The van der Waals surface area contributed by atoms with E-state index in [1.807, 2.05) is 24.8 Å². The second kappa shape index (κ2) is 16.8. The minimum absolute atomic E-state index is 0.720. The number of rotatable bonds is 6. The quantitative estimate of drug-likeness (QED) is 0.446. The molecule has 2 rings (SSSR count). The van der Waals surface area contributed by atoms with Gasteiger partial charge in [-0.2, -0.15) is 0 Å². The maximum absolute atomic E-state index is 4.67. The molecule has 0 amide bonds. The average Bonchev–Trinajstić information content (AvgIpc) is 2.67. The van der Waals surface area contributed by atoms with Crippen molar-refractivity contribution in [1.82, 2.24) is 9.97 Å². The van der Waals surface area contributed by atoms with Gasteiger partial charge in [0.2, 0.25) is 0 Å². The summed E-state index contributed by atoms with van der Waals surface area (Å²) in [5, 5.41) is 0. The SMILES string of the molecule is CCC(CC)c1ccncc1.CCC(CC)c1ccncc1.[Cl][Cu][Cl]. The molecule has 2 heterocycles. The fraction of sp³-hybridized carbons (Fsp3) is 0.500. The third-order valence-electron chi connectivity index (χ3n) is 4.33. The van der Waals surface area contributed by atoms with Gasteiger partial charge in [0, 0.05) is 24.8 Å². The Balaban J connectivity index is 0.000000399. The van der Waals surface area contributed by atoms with Crippen LogP contribution in [0.2, 0.25) is 0 Å². The molecule has 145 valence electrons. The number of hydrogen-bond acceptors (Lipinski definition) is 2. The number of halogens is 2. The maximum atomic E-state index is 4.67. The molecular weight excluding hydrogens is 403 g/mol. The standard InChI is InChI=1S/2C10H15N.2ClH.Cu/c2*1-3-9(4-2)10-5-7-11-8-6-10;;;/h2*5-9H,3-4H2,1-2H3;2*1H;/q;;;;+2/p-2. The van der Waals surface area contributed by atoms with Crippen LogP contribution in [0.3, 0.4) is 0 Å². The zero-order valence-corrected chi connectivity index (χ0v) is 18.0. The molecule has 0 saturated carbocycles. The topological polar surface area (TPSA) is 25.8 Å². The van der Waals surface area contributed by atoms with E-state index >= 15 is 0 Å². The van der Waals surface area contributed by atoms with Crippen LogP contribution in [0.5, 0.6) is 0 Å². The average molecular weight is 433 g/mol. The fourth-order valence-electron chi connectivity index (χ4n) is 2.79. The summed E-state index contributed by atoms with van der Waals surface area (Å²) in [6.45, 7) is 8.92. The molecule has 0 atom stereocenters. The Bertz CT molecular complexity index is 456. The molecular formula is C20H30Cl2CuN2. The van der Waals surface area contributed by atoms with Gasteiger partial charge in [-0.15, -0.1) is 0 Å². The third-order valence-corrected chi connectivity index (χ3v) is 4.33. The van der Waals surface area contributed by atoms with Gasteiger partial charge in [0.1, 0.15) is 0 Å². The van der Waals surface area contributed by atoms with E-state index in [-0.39, 0.29) is 0 Å². The van der Waals surface area contributed by atoms with Crippen molar-refractivity contribution in [2.45, 2.75) is 65.2 Å². The van der Waals surface area contributed by atoms with E-state index in [0.29, 0.717) is 0 Å². The Hall–Kier alpha value is -0.601. The molecule has 0 aliphatic heterocycles. The van der Waals surface area contributed by atoms with Gasteiger partial charge in [0.05, 0.1) is 0 Å². The van der Waals surface area contributed by atoms with E-state index in [2.05, 4.69) is 82.1 Å². The van der Waals surface area contributed by atoms with Gasteiger partial charge in [-0.3, -0.25) is 9.97 Å². The molecule has 0 aliphatic carbocycles. The van der Waals surface area contributed by atoms with Crippen molar-refractivity contribution in [2.24, 2.45) is 0 Å². The van der Waals surface area contributed by atoms with Crippen LogP contribution in [0.15, 0.2) is 49.1 Å². The van der Waals surface area contributed by atoms with Crippen LogP contribution in [0.1, 0.15) is 76.3 Å². The Morgan fingerprint density at radius 2 is 0.920 bits per heavy atom. The molecule has 0 fully saturated rings. The van der Waals surface area contributed by atoms with E-state index in [4.69, 9.17) is 0 Å². The Labute approximate surface area is 168 Å². The van der Waals surface area contributed by atoms with Crippen LogP contribution >= 0.6 is 20.2 Å². The summed E-state index contributed by atoms with van der Waals surface area (Å²) in [4.78, 5) is 7.99. The summed E-state index contributed by atoms with van der Waals surface area (Å²) in [6.07, 6.45) is 12.4. The molecule has 25 heavy (non-hydrogen) atoms. The number of hydrogen-bond donors (Lipinski definition) is 0. The van der Waals surface area contributed by atoms with Crippen molar-refractivity contribution in [3.05, 3.63) is 60.2 Å². The molecule has 2 aromatic heterocycles. The van der Waals surface area contributed by atoms with E-state index in [1.165, 1.54) is 36.8 Å².